The fourth-order valence-corrected chi connectivity index (χ4v) is 1.97. The number of hydrogen-bond donors (Lipinski definition) is 2. The largest absolute Gasteiger partial charge is 0.325 e. The molecule has 17 heavy (non-hydrogen) atoms. The van der Waals surface area contributed by atoms with Crippen molar-refractivity contribution < 1.29 is 0 Å². The van der Waals surface area contributed by atoms with Crippen molar-refractivity contribution in [3.8, 4) is 11.4 Å². The number of hydrogen-bond acceptors (Lipinski definition) is 3. The Morgan fingerprint density at radius 2 is 1.82 bits per heavy atom. The fraction of sp³-hybridized carbons (Fsp3) is 0.0909. The zero-order chi connectivity index (χ0) is 12.4. The number of aromatic amines is 1. The lowest BCUT2D eigenvalue weighted by molar-refractivity contribution is 0.956. The summed E-state index contributed by atoms with van der Waals surface area (Å²) in [6.07, 6.45) is 0. The highest BCUT2D eigenvalue weighted by molar-refractivity contribution is 6.35. The molecule has 0 amide bonds. The molecule has 0 atom stereocenters. The van der Waals surface area contributed by atoms with Crippen LogP contribution in [0.2, 0.25) is 10.0 Å². The summed E-state index contributed by atoms with van der Waals surface area (Å²) in [5.41, 5.74) is 6.36. The van der Waals surface area contributed by atoms with Crippen LogP contribution in [0.5, 0.6) is 0 Å². The van der Waals surface area contributed by atoms with Crippen molar-refractivity contribution in [1.82, 2.24) is 9.97 Å². The van der Waals surface area contributed by atoms with E-state index in [1.165, 1.54) is 6.07 Å². The third kappa shape index (κ3) is 2.85. The van der Waals surface area contributed by atoms with Gasteiger partial charge in [0.05, 0.1) is 5.69 Å². The summed E-state index contributed by atoms with van der Waals surface area (Å²) in [5, 5.41) is 0.960. The Morgan fingerprint density at radius 3 is 2.41 bits per heavy atom. The smallest absolute Gasteiger partial charge is 0.251 e. The molecule has 1 aromatic heterocycles. The van der Waals surface area contributed by atoms with E-state index in [0.717, 1.165) is 0 Å². The molecule has 0 unspecified atom stereocenters. The average molecular weight is 270 g/mol. The van der Waals surface area contributed by atoms with Crippen LogP contribution in [-0.4, -0.2) is 9.97 Å². The summed E-state index contributed by atoms with van der Waals surface area (Å²) in [6.45, 7) is 0.200. The lowest BCUT2D eigenvalue weighted by Gasteiger charge is -2.04. The number of nitrogens with zero attached hydrogens (tertiary/aromatic N) is 1. The first kappa shape index (κ1) is 12.1. The van der Waals surface area contributed by atoms with Crippen molar-refractivity contribution in [3.05, 3.63) is 50.4 Å². The van der Waals surface area contributed by atoms with Crippen molar-refractivity contribution in [1.29, 1.82) is 0 Å². The molecule has 0 aliphatic rings. The first-order valence-electron chi connectivity index (χ1n) is 4.85. The van der Waals surface area contributed by atoms with Gasteiger partial charge in [0, 0.05) is 28.2 Å². The Labute approximate surface area is 107 Å². The second kappa shape index (κ2) is 4.87. The predicted molar refractivity (Wildman–Crippen MR) is 68.2 cm³/mol. The Morgan fingerprint density at radius 1 is 1.18 bits per heavy atom. The minimum atomic E-state index is -0.258. The van der Waals surface area contributed by atoms with Gasteiger partial charge in [-0.15, -0.1) is 0 Å². The first-order chi connectivity index (χ1) is 8.08. The average Bonchev–Trinajstić information content (AvgIpc) is 2.26. The Bertz CT molecular complexity index is 590. The van der Waals surface area contributed by atoms with Crippen LogP contribution in [0.4, 0.5) is 0 Å². The molecule has 0 saturated heterocycles. The van der Waals surface area contributed by atoms with E-state index < -0.39 is 0 Å². The summed E-state index contributed by atoms with van der Waals surface area (Å²) in [6, 6.07) is 6.31. The molecule has 2 rings (SSSR count). The van der Waals surface area contributed by atoms with Gasteiger partial charge in [-0.1, -0.05) is 23.2 Å². The summed E-state index contributed by atoms with van der Waals surface area (Å²) < 4.78 is 0. The maximum absolute atomic E-state index is 11.4. The molecule has 0 saturated carbocycles. The van der Waals surface area contributed by atoms with E-state index >= 15 is 0 Å². The van der Waals surface area contributed by atoms with Gasteiger partial charge in [-0.05, 0) is 18.2 Å². The first-order valence-corrected chi connectivity index (χ1v) is 5.61. The van der Waals surface area contributed by atoms with Crippen LogP contribution >= 0.6 is 23.2 Å². The van der Waals surface area contributed by atoms with E-state index in [-0.39, 0.29) is 12.1 Å². The van der Waals surface area contributed by atoms with Gasteiger partial charge >= 0.3 is 0 Å². The van der Waals surface area contributed by atoms with Gasteiger partial charge in [0.25, 0.3) is 5.56 Å². The Balaban J connectivity index is 2.59. The van der Waals surface area contributed by atoms with E-state index in [0.29, 0.717) is 27.1 Å². The third-order valence-corrected chi connectivity index (χ3v) is 2.58. The number of aromatic nitrogens is 2. The van der Waals surface area contributed by atoms with Gasteiger partial charge in [-0.25, -0.2) is 4.98 Å². The van der Waals surface area contributed by atoms with Gasteiger partial charge in [-0.3, -0.25) is 4.79 Å². The lowest BCUT2D eigenvalue weighted by Crippen LogP contribution is -2.12. The molecule has 3 N–H and O–H groups in total. The summed E-state index contributed by atoms with van der Waals surface area (Å²) >= 11 is 11.8. The Hall–Kier alpha value is -1.36. The maximum Gasteiger partial charge on any atom is 0.251 e. The van der Waals surface area contributed by atoms with E-state index in [1.807, 2.05) is 0 Å². The zero-order valence-electron chi connectivity index (χ0n) is 8.71. The van der Waals surface area contributed by atoms with Crippen LogP contribution in [0.3, 0.4) is 0 Å². The summed E-state index contributed by atoms with van der Waals surface area (Å²) in [7, 11) is 0. The molecule has 0 bridgehead atoms. The highest BCUT2D eigenvalue weighted by Gasteiger charge is 2.05. The number of nitrogens with two attached hydrogens (primary N) is 1. The molecule has 88 valence electrons. The molecule has 0 fully saturated rings. The van der Waals surface area contributed by atoms with E-state index in [2.05, 4.69) is 9.97 Å². The number of rotatable bonds is 2. The fourth-order valence-electron chi connectivity index (χ4n) is 1.44. The molecule has 4 nitrogen and oxygen atoms in total. The lowest BCUT2D eigenvalue weighted by atomic mass is 10.2. The third-order valence-electron chi connectivity index (χ3n) is 2.14. The van der Waals surface area contributed by atoms with Crippen molar-refractivity contribution in [2.75, 3.05) is 0 Å². The van der Waals surface area contributed by atoms with Crippen LogP contribution in [0.25, 0.3) is 11.4 Å². The van der Waals surface area contributed by atoms with Crippen molar-refractivity contribution in [2.45, 2.75) is 6.54 Å². The van der Waals surface area contributed by atoms with Crippen LogP contribution in [0, 0.1) is 0 Å². The molecule has 1 heterocycles. The number of H-pyrrole nitrogens is 1. The molecule has 2 aromatic rings. The summed E-state index contributed by atoms with van der Waals surface area (Å²) in [4.78, 5) is 18.2. The SMILES string of the molecule is NCc1cc(=O)[nH]c(-c2cc(Cl)cc(Cl)c2)n1. The number of nitrogens with one attached hydrogen (secondary N) is 1. The normalized spacial score (nSPS) is 10.5. The van der Waals surface area contributed by atoms with E-state index in [9.17, 15) is 4.79 Å². The molecule has 6 heteroatoms. The predicted octanol–water partition coefficient (Wildman–Crippen LogP) is 2.20. The van der Waals surface area contributed by atoms with Crippen molar-refractivity contribution in [3.63, 3.8) is 0 Å². The zero-order valence-corrected chi connectivity index (χ0v) is 10.2. The van der Waals surface area contributed by atoms with Crippen LogP contribution in [0.1, 0.15) is 5.69 Å². The second-order valence-corrected chi connectivity index (χ2v) is 4.32. The van der Waals surface area contributed by atoms with Gasteiger partial charge in [0.1, 0.15) is 5.82 Å². The van der Waals surface area contributed by atoms with Gasteiger partial charge < -0.3 is 10.7 Å². The molecule has 0 spiro atoms. The van der Waals surface area contributed by atoms with Crippen LogP contribution in [0.15, 0.2) is 29.1 Å². The van der Waals surface area contributed by atoms with Crippen molar-refractivity contribution in [2.24, 2.45) is 5.73 Å². The minimum Gasteiger partial charge on any atom is -0.325 e. The monoisotopic (exact) mass is 269 g/mol. The molecule has 0 aliphatic heterocycles. The van der Waals surface area contributed by atoms with Crippen LogP contribution in [-0.2, 0) is 6.54 Å². The van der Waals surface area contributed by atoms with Crippen LogP contribution < -0.4 is 11.3 Å². The summed E-state index contributed by atoms with van der Waals surface area (Å²) in [5.74, 6) is 0.405. The maximum atomic E-state index is 11.4. The minimum absolute atomic E-state index is 0.200. The molecular weight excluding hydrogens is 261 g/mol. The Kier molecular flexibility index (Phi) is 3.47. The molecule has 0 aliphatic carbocycles. The van der Waals surface area contributed by atoms with Crippen molar-refractivity contribution >= 4 is 23.2 Å². The van der Waals surface area contributed by atoms with Gasteiger partial charge in [0.15, 0.2) is 0 Å². The number of benzene rings is 1. The topological polar surface area (TPSA) is 71.8 Å². The quantitative estimate of drug-likeness (QED) is 0.878. The molecule has 1 aromatic carbocycles. The molecular formula is C11H9Cl2N3O. The second-order valence-electron chi connectivity index (χ2n) is 3.45. The van der Waals surface area contributed by atoms with Gasteiger partial charge in [-0.2, -0.15) is 0 Å². The molecule has 0 radical (unpaired) electrons. The van der Waals surface area contributed by atoms with Gasteiger partial charge in [0.2, 0.25) is 0 Å². The van der Waals surface area contributed by atoms with E-state index in [1.54, 1.807) is 18.2 Å². The standard InChI is InChI=1S/C11H9Cl2N3O/c12-7-1-6(2-8(13)3-7)11-15-9(5-14)4-10(17)16-11/h1-4H,5,14H2,(H,15,16,17). The van der Waals surface area contributed by atoms with E-state index in [4.69, 9.17) is 28.9 Å². The highest BCUT2D eigenvalue weighted by atomic mass is 35.5. The highest BCUT2D eigenvalue weighted by Crippen LogP contribution is 2.24. The number of halogens is 2.